The molecule has 40 heavy (non-hydrogen) atoms. The number of fused-ring (bicyclic) bond motifs is 1. The molecule has 0 bridgehead atoms. The number of thiocarbonyl (C=S) groups is 1. The number of hydrogen-bond donors (Lipinski definition) is 1. The first-order chi connectivity index (χ1) is 19.3. The predicted molar refractivity (Wildman–Crippen MR) is 167 cm³/mol. The minimum Gasteiger partial charge on any atom is -0.325 e. The van der Waals surface area contributed by atoms with Crippen molar-refractivity contribution in [3.63, 3.8) is 0 Å². The topological polar surface area (TPSA) is 84.3 Å². The maximum absolute atomic E-state index is 13.5. The van der Waals surface area contributed by atoms with Crippen molar-refractivity contribution < 1.29 is 14.4 Å². The van der Waals surface area contributed by atoms with Gasteiger partial charge in [-0.05, 0) is 60.5 Å². The molecule has 11 heteroatoms. The Balaban J connectivity index is 1.28. The summed E-state index contributed by atoms with van der Waals surface area (Å²) < 4.78 is 1.91. The third kappa shape index (κ3) is 6.47. The fraction of sp³-hybridized carbons (Fsp3) is 0.138. The molecule has 1 aliphatic rings. The van der Waals surface area contributed by atoms with Gasteiger partial charge in [0.2, 0.25) is 11.8 Å². The molecule has 1 aromatic heterocycles. The molecule has 1 N–H and O–H groups in total. The molecule has 3 aromatic carbocycles. The van der Waals surface area contributed by atoms with E-state index < -0.39 is 0 Å². The van der Waals surface area contributed by atoms with Crippen LogP contribution in [0.3, 0.4) is 0 Å². The van der Waals surface area contributed by atoms with Crippen molar-refractivity contribution in [2.45, 2.75) is 18.5 Å². The molecule has 7 nitrogen and oxygen atoms in total. The van der Waals surface area contributed by atoms with Crippen LogP contribution in [0, 0.1) is 6.92 Å². The number of thioether (sulfide) groups is 2. The average molecular weight is 607 g/mol. The Bertz CT molecular complexity index is 1670. The van der Waals surface area contributed by atoms with Crippen LogP contribution in [0.25, 0.3) is 17.1 Å². The lowest BCUT2D eigenvalue weighted by Gasteiger charge is -2.15. The lowest BCUT2D eigenvalue weighted by atomic mass is 10.2. The molecule has 0 unspecified atom stereocenters. The van der Waals surface area contributed by atoms with E-state index in [1.807, 2.05) is 67.6 Å². The van der Waals surface area contributed by atoms with Gasteiger partial charge in [0.15, 0.2) is 5.16 Å². The molecule has 0 atom stereocenters. The number of imidazole rings is 1. The summed E-state index contributed by atoms with van der Waals surface area (Å²) in [6.45, 7) is 2.09. The highest BCUT2D eigenvalue weighted by Gasteiger charge is 2.32. The van der Waals surface area contributed by atoms with Gasteiger partial charge in [-0.2, -0.15) is 0 Å². The second-order valence-corrected chi connectivity index (χ2v) is 12.0. The largest absolute Gasteiger partial charge is 0.325 e. The Morgan fingerprint density at radius 3 is 2.65 bits per heavy atom. The van der Waals surface area contributed by atoms with Crippen molar-refractivity contribution in [2.75, 3.05) is 17.6 Å². The molecule has 0 spiro atoms. The van der Waals surface area contributed by atoms with Gasteiger partial charge in [0, 0.05) is 23.7 Å². The van der Waals surface area contributed by atoms with E-state index in [0.29, 0.717) is 36.1 Å². The smallest absolute Gasteiger partial charge is 0.266 e. The standard InChI is InChI=1S/C29H23ClN4O3S3/c1-18-5-4-6-21(15-18)31-25(35)17-39-28-32-22-7-2-3-8-23(22)34(28)26(36)13-14-33-27(37)24(40-29(33)38)16-19-9-11-20(30)12-10-19/h2-12,15-16H,13-14,17H2,1H3,(H,31,35)/b24-16-. The molecule has 1 fully saturated rings. The van der Waals surface area contributed by atoms with Crippen LogP contribution < -0.4 is 5.32 Å². The molecule has 1 aliphatic heterocycles. The van der Waals surface area contributed by atoms with Crippen LogP contribution in [-0.4, -0.2) is 48.8 Å². The molecule has 2 heterocycles. The number of benzene rings is 3. The van der Waals surface area contributed by atoms with E-state index in [0.717, 1.165) is 11.1 Å². The van der Waals surface area contributed by atoms with E-state index in [9.17, 15) is 14.4 Å². The highest BCUT2D eigenvalue weighted by molar-refractivity contribution is 8.26. The van der Waals surface area contributed by atoms with Gasteiger partial charge >= 0.3 is 0 Å². The van der Waals surface area contributed by atoms with E-state index in [-0.39, 0.29) is 36.4 Å². The van der Waals surface area contributed by atoms with Gasteiger partial charge < -0.3 is 5.32 Å². The fourth-order valence-corrected chi connectivity index (χ4v) is 6.37. The number of rotatable bonds is 8. The van der Waals surface area contributed by atoms with Crippen molar-refractivity contribution in [1.29, 1.82) is 0 Å². The van der Waals surface area contributed by atoms with E-state index in [4.69, 9.17) is 23.8 Å². The summed E-state index contributed by atoms with van der Waals surface area (Å²) in [6.07, 6.45) is 1.79. The number of hydrogen-bond acceptors (Lipinski definition) is 7. The molecular weight excluding hydrogens is 584 g/mol. The summed E-state index contributed by atoms with van der Waals surface area (Å²) in [5, 5.41) is 3.90. The fourth-order valence-electron chi connectivity index (χ4n) is 4.11. The third-order valence-electron chi connectivity index (χ3n) is 6.00. The van der Waals surface area contributed by atoms with Crippen LogP contribution in [-0.2, 0) is 9.59 Å². The van der Waals surface area contributed by atoms with Gasteiger partial charge in [-0.3, -0.25) is 23.9 Å². The van der Waals surface area contributed by atoms with E-state index >= 15 is 0 Å². The van der Waals surface area contributed by atoms with Gasteiger partial charge in [0.05, 0.1) is 21.7 Å². The molecule has 0 radical (unpaired) electrons. The highest BCUT2D eigenvalue weighted by Crippen LogP contribution is 2.33. The summed E-state index contributed by atoms with van der Waals surface area (Å²) in [7, 11) is 0. The van der Waals surface area contributed by atoms with E-state index in [1.54, 1.807) is 18.2 Å². The van der Waals surface area contributed by atoms with Crippen molar-refractivity contribution in [3.8, 4) is 0 Å². The molecule has 5 rings (SSSR count). The predicted octanol–water partition coefficient (Wildman–Crippen LogP) is 6.66. The number of halogens is 1. The molecule has 1 saturated heterocycles. The van der Waals surface area contributed by atoms with Gasteiger partial charge in [-0.15, -0.1) is 0 Å². The summed E-state index contributed by atoms with van der Waals surface area (Å²) in [5.74, 6) is -0.609. The van der Waals surface area contributed by atoms with Crippen LogP contribution in [0.1, 0.15) is 22.3 Å². The second kappa shape index (κ2) is 12.4. The number of anilines is 1. The first kappa shape index (κ1) is 28.1. The van der Waals surface area contributed by atoms with Gasteiger partial charge in [0.25, 0.3) is 5.91 Å². The van der Waals surface area contributed by atoms with Gasteiger partial charge in [0.1, 0.15) is 4.32 Å². The average Bonchev–Trinajstić information content (AvgIpc) is 3.43. The van der Waals surface area contributed by atoms with Crippen LogP contribution >= 0.6 is 47.3 Å². The number of para-hydroxylation sites is 2. The zero-order chi connectivity index (χ0) is 28.2. The summed E-state index contributed by atoms with van der Waals surface area (Å²) in [5.41, 5.74) is 3.87. The number of amides is 2. The number of aromatic nitrogens is 2. The molecule has 0 aliphatic carbocycles. The van der Waals surface area contributed by atoms with Crippen molar-refractivity contribution in [1.82, 2.24) is 14.5 Å². The monoisotopic (exact) mass is 606 g/mol. The van der Waals surface area contributed by atoms with Crippen LogP contribution in [0.15, 0.2) is 82.9 Å². The summed E-state index contributed by atoms with van der Waals surface area (Å²) in [6, 6.07) is 22.0. The van der Waals surface area contributed by atoms with Crippen molar-refractivity contribution in [3.05, 3.63) is 93.9 Å². The summed E-state index contributed by atoms with van der Waals surface area (Å²) in [4.78, 5) is 45.7. The van der Waals surface area contributed by atoms with Crippen LogP contribution in [0.4, 0.5) is 5.69 Å². The third-order valence-corrected chi connectivity index (χ3v) is 8.57. The molecule has 2 amide bonds. The number of carbonyl (C=O) groups excluding carboxylic acids is 3. The number of nitrogens with zero attached hydrogens (tertiary/aromatic N) is 3. The summed E-state index contributed by atoms with van der Waals surface area (Å²) >= 11 is 13.8. The number of nitrogens with one attached hydrogen (secondary N) is 1. The Morgan fingerprint density at radius 2 is 1.88 bits per heavy atom. The van der Waals surface area contributed by atoms with Crippen LogP contribution in [0.2, 0.25) is 5.02 Å². The number of carbonyl (C=O) groups is 3. The maximum atomic E-state index is 13.5. The number of aryl methyl sites for hydroxylation is 1. The lowest BCUT2D eigenvalue weighted by molar-refractivity contribution is -0.122. The van der Waals surface area contributed by atoms with Crippen molar-refractivity contribution >= 4 is 92.2 Å². The zero-order valence-electron chi connectivity index (χ0n) is 21.3. The lowest BCUT2D eigenvalue weighted by Crippen LogP contribution is -2.31. The molecule has 4 aromatic rings. The van der Waals surface area contributed by atoms with Crippen LogP contribution in [0.5, 0.6) is 0 Å². The Kier molecular flexibility index (Phi) is 8.70. The minimum absolute atomic E-state index is 0.0318. The maximum Gasteiger partial charge on any atom is 0.266 e. The normalized spacial score (nSPS) is 14.3. The second-order valence-electron chi connectivity index (χ2n) is 8.95. The van der Waals surface area contributed by atoms with E-state index in [2.05, 4.69) is 10.3 Å². The zero-order valence-corrected chi connectivity index (χ0v) is 24.5. The Morgan fingerprint density at radius 1 is 1.10 bits per heavy atom. The highest BCUT2D eigenvalue weighted by atomic mass is 35.5. The quantitative estimate of drug-likeness (QED) is 0.136. The van der Waals surface area contributed by atoms with Crippen molar-refractivity contribution in [2.24, 2.45) is 0 Å². The first-order valence-electron chi connectivity index (χ1n) is 12.3. The Labute approximate surface area is 250 Å². The van der Waals surface area contributed by atoms with Gasteiger partial charge in [-0.25, -0.2) is 4.98 Å². The molecular formula is C29H23ClN4O3S3. The SMILES string of the molecule is Cc1cccc(NC(=O)CSc2nc3ccccc3n2C(=O)CCN2C(=O)/C(=C/c3ccc(Cl)cc3)SC2=S)c1. The van der Waals surface area contributed by atoms with E-state index in [1.165, 1.54) is 33.0 Å². The molecule has 0 saturated carbocycles. The van der Waals surface area contributed by atoms with Gasteiger partial charge in [-0.1, -0.05) is 83.7 Å². The Hall–Kier alpha value is -3.44. The molecule has 202 valence electrons. The minimum atomic E-state index is -0.244. The first-order valence-corrected chi connectivity index (χ1v) is 14.9.